The van der Waals surface area contributed by atoms with Crippen molar-refractivity contribution in [2.24, 2.45) is 4.99 Å². The van der Waals surface area contributed by atoms with Gasteiger partial charge in [-0.25, -0.2) is 9.98 Å². The Morgan fingerprint density at radius 1 is 0.917 bits per heavy atom. The third-order valence-corrected chi connectivity index (χ3v) is 3.95. The molecule has 4 rings (SSSR count). The fraction of sp³-hybridized carbons (Fsp3) is 0.0500. The van der Waals surface area contributed by atoms with Crippen LogP contribution in [0.2, 0.25) is 0 Å². The van der Waals surface area contributed by atoms with Crippen LogP contribution in [0, 0.1) is 0 Å². The summed E-state index contributed by atoms with van der Waals surface area (Å²) in [6, 6.07) is 15.8. The molecule has 0 saturated carbocycles. The first-order valence-corrected chi connectivity index (χ1v) is 7.60. The second-order valence-electron chi connectivity index (χ2n) is 5.44. The zero-order chi connectivity index (χ0) is 16.5. The first-order chi connectivity index (χ1) is 11.8. The van der Waals surface area contributed by atoms with Crippen LogP contribution in [0.25, 0.3) is 21.8 Å². The van der Waals surface area contributed by atoms with Crippen molar-refractivity contribution in [1.82, 2.24) is 4.98 Å². The molecule has 2 aromatic carbocycles. The quantitative estimate of drug-likeness (QED) is 0.528. The number of para-hydroxylation sites is 2. The zero-order valence-corrected chi connectivity index (χ0v) is 13.1. The van der Waals surface area contributed by atoms with Crippen molar-refractivity contribution in [1.29, 1.82) is 0 Å². The Kier molecular flexibility index (Phi) is 3.43. The summed E-state index contributed by atoms with van der Waals surface area (Å²) in [6.45, 7) is 0. The number of methoxy groups -OCH3 is 1. The number of carbonyl (C=O) groups is 1. The smallest absolute Gasteiger partial charge is 0.220 e. The van der Waals surface area contributed by atoms with Crippen LogP contribution >= 0.6 is 0 Å². The highest BCUT2D eigenvalue weighted by Gasteiger charge is 2.14. The van der Waals surface area contributed by atoms with Gasteiger partial charge < -0.3 is 4.74 Å². The van der Waals surface area contributed by atoms with Gasteiger partial charge in [-0.05, 0) is 24.3 Å². The topological polar surface area (TPSA) is 51.6 Å². The van der Waals surface area contributed by atoms with Gasteiger partial charge in [0, 0.05) is 16.8 Å². The fourth-order valence-corrected chi connectivity index (χ4v) is 2.79. The van der Waals surface area contributed by atoms with E-state index in [4.69, 9.17) is 14.7 Å². The number of ether oxygens (including phenoxy) is 1. The summed E-state index contributed by atoms with van der Waals surface area (Å²) >= 11 is 0. The Hall–Kier alpha value is -3.27. The van der Waals surface area contributed by atoms with Gasteiger partial charge in [-0.15, -0.1) is 0 Å². The van der Waals surface area contributed by atoms with Crippen LogP contribution in [0.15, 0.2) is 77.5 Å². The molecule has 0 spiro atoms. The molecule has 0 radical (unpaired) electrons. The van der Waals surface area contributed by atoms with Gasteiger partial charge >= 0.3 is 0 Å². The summed E-state index contributed by atoms with van der Waals surface area (Å²) in [5.74, 6) is 0.139. The number of fused-ring (bicyclic) bond motifs is 2. The van der Waals surface area contributed by atoms with E-state index >= 15 is 0 Å². The molecule has 4 heteroatoms. The normalized spacial score (nSPS) is 16.0. The van der Waals surface area contributed by atoms with Crippen molar-refractivity contribution in [2.45, 2.75) is 0 Å². The van der Waals surface area contributed by atoms with E-state index in [1.807, 2.05) is 48.5 Å². The highest BCUT2D eigenvalue weighted by molar-refractivity contribution is 6.20. The molecule has 0 bridgehead atoms. The van der Waals surface area contributed by atoms with E-state index in [1.54, 1.807) is 12.2 Å². The minimum absolute atomic E-state index is 0.152. The second kappa shape index (κ2) is 5.74. The number of hydrogen-bond donors (Lipinski definition) is 0. The Bertz CT molecular complexity index is 1010. The van der Waals surface area contributed by atoms with Gasteiger partial charge in [-0.1, -0.05) is 36.4 Å². The van der Waals surface area contributed by atoms with E-state index in [2.05, 4.69) is 0 Å². The molecule has 0 fully saturated rings. The number of ketones is 1. The van der Waals surface area contributed by atoms with Crippen molar-refractivity contribution < 1.29 is 9.53 Å². The van der Waals surface area contributed by atoms with Gasteiger partial charge in [-0.3, -0.25) is 4.79 Å². The Morgan fingerprint density at radius 3 is 2.17 bits per heavy atom. The number of benzene rings is 2. The van der Waals surface area contributed by atoms with E-state index in [9.17, 15) is 4.79 Å². The summed E-state index contributed by atoms with van der Waals surface area (Å²) in [5, 5.41) is 1.95. The van der Waals surface area contributed by atoms with Crippen LogP contribution in [-0.4, -0.2) is 23.6 Å². The average Bonchev–Trinajstić information content (AvgIpc) is 2.63. The third kappa shape index (κ3) is 2.38. The monoisotopic (exact) mass is 314 g/mol. The first-order valence-electron chi connectivity index (χ1n) is 7.60. The lowest BCUT2D eigenvalue weighted by atomic mass is 10.1. The molecule has 116 valence electrons. The molecule has 1 aliphatic rings. The predicted molar refractivity (Wildman–Crippen MR) is 95.6 cm³/mol. The summed E-state index contributed by atoms with van der Waals surface area (Å²) in [5.41, 5.74) is 3.30. The number of aromatic nitrogens is 1. The molecular weight excluding hydrogens is 300 g/mol. The summed E-state index contributed by atoms with van der Waals surface area (Å²) in [7, 11) is 1.48. The second-order valence-corrected chi connectivity index (χ2v) is 5.44. The zero-order valence-electron chi connectivity index (χ0n) is 13.1. The highest BCUT2D eigenvalue weighted by Crippen LogP contribution is 2.33. The van der Waals surface area contributed by atoms with E-state index in [0.29, 0.717) is 11.5 Å². The van der Waals surface area contributed by atoms with E-state index < -0.39 is 0 Å². The molecule has 1 heterocycles. The molecule has 4 nitrogen and oxygen atoms in total. The molecule has 1 aliphatic carbocycles. The van der Waals surface area contributed by atoms with Crippen LogP contribution in [0.1, 0.15) is 0 Å². The number of aliphatic imine (C=N–C) groups is 1. The van der Waals surface area contributed by atoms with Crippen molar-refractivity contribution in [3.8, 4) is 0 Å². The van der Waals surface area contributed by atoms with E-state index in [0.717, 1.165) is 27.5 Å². The Morgan fingerprint density at radius 2 is 1.54 bits per heavy atom. The van der Waals surface area contributed by atoms with Gasteiger partial charge in [0.2, 0.25) is 5.78 Å². The van der Waals surface area contributed by atoms with Crippen LogP contribution in [0.4, 0.5) is 5.69 Å². The minimum Gasteiger partial charge on any atom is -0.493 e. The molecular formula is C20H14N2O2. The summed E-state index contributed by atoms with van der Waals surface area (Å²) < 4.78 is 5.11. The van der Waals surface area contributed by atoms with E-state index in [-0.39, 0.29) is 5.78 Å². The minimum atomic E-state index is -0.152. The first kappa shape index (κ1) is 14.3. The Labute approximate surface area is 138 Å². The Balaban J connectivity index is 2.01. The molecule has 0 aliphatic heterocycles. The number of pyridine rings is 1. The van der Waals surface area contributed by atoms with Crippen LogP contribution in [-0.2, 0) is 9.53 Å². The van der Waals surface area contributed by atoms with Crippen LogP contribution in [0.3, 0.4) is 0 Å². The summed E-state index contributed by atoms with van der Waals surface area (Å²) in [6.07, 6.45) is 4.84. The van der Waals surface area contributed by atoms with E-state index in [1.165, 1.54) is 13.2 Å². The van der Waals surface area contributed by atoms with Gasteiger partial charge in [0.15, 0.2) is 5.76 Å². The molecule has 0 N–H and O–H groups in total. The van der Waals surface area contributed by atoms with Crippen molar-refractivity contribution in [3.05, 3.63) is 72.5 Å². The lowest BCUT2D eigenvalue weighted by Crippen LogP contribution is -2.08. The van der Waals surface area contributed by atoms with Crippen molar-refractivity contribution in [3.63, 3.8) is 0 Å². The summed E-state index contributed by atoms with van der Waals surface area (Å²) in [4.78, 5) is 21.2. The molecule has 0 amide bonds. The standard InChI is InChI=1S/C20H14N2O2/c1-24-19-12-13(10-11-18(19)23)21-20-14-6-2-4-8-16(14)22-17-9-5-3-7-15(17)20/h2-12H,1H3. The lowest BCUT2D eigenvalue weighted by Gasteiger charge is -2.10. The lowest BCUT2D eigenvalue weighted by molar-refractivity contribution is -0.114. The largest absolute Gasteiger partial charge is 0.493 e. The van der Waals surface area contributed by atoms with Gasteiger partial charge in [0.05, 0.1) is 29.5 Å². The van der Waals surface area contributed by atoms with Crippen molar-refractivity contribution >= 4 is 39.0 Å². The predicted octanol–water partition coefficient (Wildman–Crippen LogP) is 4.13. The van der Waals surface area contributed by atoms with Gasteiger partial charge in [0.25, 0.3) is 0 Å². The highest BCUT2D eigenvalue weighted by atomic mass is 16.5. The molecule has 0 unspecified atom stereocenters. The maximum absolute atomic E-state index is 11.7. The SMILES string of the molecule is COC1=CC(=Nc2c3ccccc3nc3ccccc23)C=CC1=O. The maximum atomic E-state index is 11.7. The maximum Gasteiger partial charge on any atom is 0.220 e. The molecule has 1 aromatic heterocycles. The van der Waals surface area contributed by atoms with Crippen LogP contribution in [0.5, 0.6) is 0 Å². The number of hydrogen-bond acceptors (Lipinski definition) is 4. The number of rotatable bonds is 2. The molecule has 0 atom stereocenters. The average molecular weight is 314 g/mol. The number of carbonyl (C=O) groups excluding carboxylic acids is 1. The van der Waals surface area contributed by atoms with Gasteiger partial charge in [-0.2, -0.15) is 0 Å². The third-order valence-electron chi connectivity index (χ3n) is 3.95. The molecule has 0 saturated heterocycles. The molecule has 3 aromatic rings. The van der Waals surface area contributed by atoms with Gasteiger partial charge in [0.1, 0.15) is 0 Å². The van der Waals surface area contributed by atoms with Crippen LogP contribution < -0.4 is 0 Å². The van der Waals surface area contributed by atoms with Crippen molar-refractivity contribution in [2.75, 3.05) is 7.11 Å². The number of nitrogens with zero attached hydrogens (tertiary/aromatic N) is 2. The molecule has 24 heavy (non-hydrogen) atoms. The fourth-order valence-electron chi connectivity index (χ4n) is 2.79. The number of allylic oxidation sites excluding steroid dienone is 3.